The average Bonchev–Trinajstić information content (AvgIpc) is 2.72. The molecule has 102 valence electrons. The minimum Gasteiger partial charge on any atom is -0.374 e. The van der Waals surface area contributed by atoms with Gasteiger partial charge in [0.1, 0.15) is 5.71 Å². The third-order valence-electron chi connectivity index (χ3n) is 2.67. The molecule has 0 aromatic heterocycles. The Morgan fingerprint density at radius 1 is 1.26 bits per heavy atom. The number of rotatable bonds is 2. The topological polar surface area (TPSA) is 38.7 Å². The van der Waals surface area contributed by atoms with Gasteiger partial charge in [-0.15, -0.1) is 0 Å². The third-order valence-corrected chi connectivity index (χ3v) is 3.11. The zero-order chi connectivity index (χ0) is 14.3. The highest BCUT2D eigenvalue weighted by Crippen LogP contribution is 2.48. The van der Waals surface area contributed by atoms with E-state index in [1.54, 1.807) is 0 Å². The molecule has 19 heavy (non-hydrogen) atoms. The second-order valence-corrected chi connectivity index (χ2v) is 4.82. The summed E-state index contributed by atoms with van der Waals surface area (Å²) in [6.45, 7) is 0. The van der Waals surface area contributed by atoms with Crippen molar-refractivity contribution in [3.8, 4) is 0 Å². The summed E-state index contributed by atoms with van der Waals surface area (Å²) in [5.74, 6) is 0. The zero-order valence-electron chi connectivity index (χ0n) is 9.17. The van der Waals surface area contributed by atoms with Crippen LogP contribution in [-0.4, -0.2) is 18.2 Å². The first-order valence-electron chi connectivity index (χ1n) is 5.02. The number of hydrogen-bond acceptors (Lipinski definition) is 3. The van der Waals surface area contributed by atoms with E-state index in [1.165, 1.54) is 6.07 Å². The number of oxime groups is 1. The Bertz CT molecular complexity index is 539. The van der Waals surface area contributed by atoms with Crippen LogP contribution in [0.25, 0.3) is 0 Å². The summed E-state index contributed by atoms with van der Waals surface area (Å²) in [6, 6.07) is 3.47. The Balaban J connectivity index is 2.54. The molecule has 0 bridgehead atoms. The molecule has 0 amide bonds. The Hall–Kier alpha value is -1.27. The molecule has 3 nitrogen and oxygen atoms in total. The standard InChI is InChI=1S/C11H6Cl2F3NO2/c12-7-1-6(2-8(13)3-7)10(11(14,15)16)4-9(5-18)17-19-10/h1-3,5H,4H2. The lowest BCUT2D eigenvalue weighted by molar-refractivity contribution is -0.275. The van der Waals surface area contributed by atoms with Crippen molar-refractivity contribution in [2.75, 3.05) is 0 Å². The number of carbonyl (C=O) groups excluding carboxylic acids is 1. The van der Waals surface area contributed by atoms with Gasteiger partial charge in [-0.05, 0) is 18.2 Å². The smallest absolute Gasteiger partial charge is 0.374 e. The first-order valence-corrected chi connectivity index (χ1v) is 5.77. The minimum absolute atomic E-state index is 0.0364. The fourth-order valence-electron chi connectivity index (χ4n) is 1.78. The molecule has 1 aromatic rings. The highest BCUT2D eigenvalue weighted by Gasteiger charge is 2.62. The number of carbonyl (C=O) groups is 1. The summed E-state index contributed by atoms with van der Waals surface area (Å²) in [7, 11) is 0. The molecule has 0 spiro atoms. The van der Waals surface area contributed by atoms with Crippen LogP contribution in [0.1, 0.15) is 12.0 Å². The molecule has 1 aromatic carbocycles. The highest BCUT2D eigenvalue weighted by molar-refractivity contribution is 6.34. The molecule has 8 heteroatoms. The van der Waals surface area contributed by atoms with E-state index in [-0.39, 0.29) is 27.6 Å². The molecule has 1 unspecified atom stereocenters. The Morgan fingerprint density at radius 2 is 1.84 bits per heavy atom. The number of nitrogens with zero attached hydrogens (tertiary/aromatic N) is 1. The molecule has 1 aliphatic rings. The lowest BCUT2D eigenvalue weighted by atomic mass is 9.88. The summed E-state index contributed by atoms with van der Waals surface area (Å²) in [5, 5.41) is 3.23. The maximum atomic E-state index is 13.3. The van der Waals surface area contributed by atoms with Gasteiger partial charge >= 0.3 is 6.18 Å². The van der Waals surface area contributed by atoms with Crippen LogP contribution in [0.4, 0.5) is 13.2 Å². The summed E-state index contributed by atoms with van der Waals surface area (Å²) in [6.07, 6.45) is -5.26. The van der Waals surface area contributed by atoms with Crippen LogP contribution in [0.2, 0.25) is 10.0 Å². The highest BCUT2D eigenvalue weighted by atomic mass is 35.5. The molecule has 0 fully saturated rings. The van der Waals surface area contributed by atoms with Crippen LogP contribution in [0.15, 0.2) is 23.4 Å². The van der Waals surface area contributed by atoms with E-state index in [0.29, 0.717) is 0 Å². The Morgan fingerprint density at radius 3 is 2.26 bits per heavy atom. The van der Waals surface area contributed by atoms with Gasteiger partial charge in [-0.2, -0.15) is 13.2 Å². The van der Waals surface area contributed by atoms with Gasteiger partial charge in [-0.25, -0.2) is 0 Å². The summed E-state index contributed by atoms with van der Waals surface area (Å²) >= 11 is 11.4. The van der Waals surface area contributed by atoms with Crippen LogP contribution >= 0.6 is 23.2 Å². The fraction of sp³-hybridized carbons (Fsp3) is 0.273. The number of hydrogen-bond donors (Lipinski definition) is 0. The molecule has 0 N–H and O–H groups in total. The second kappa shape index (κ2) is 4.68. The van der Waals surface area contributed by atoms with Crippen LogP contribution < -0.4 is 0 Å². The quantitative estimate of drug-likeness (QED) is 0.781. The van der Waals surface area contributed by atoms with Gasteiger partial charge in [0, 0.05) is 15.6 Å². The van der Waals surface area contributed by atoms with Gasteiger partial charge in [0.25, 0.3) is 5.60 Å². The first kappa shape index (κ1) is 14.1. The molecular formula is C11H6Cl2F3NO2. The molecule has 0 saturated heterocycles. The van der Waals surface area contributed by atoms with E-state index >= 15 is 0 Å². The van der Waals surface area contributed by atoms with Crippen molar-refractivity contribution in [3.05, 3.63) is 33.8 Å². The first-order chi connectivity index (χ1) is 8.78. The predicted molar refractivity (Wildman–Crippen MR) is 63.4 cm³/mol. The van der Waals surface area contributed by atoms with Crippen LogP contribution in [0, 0.1) is 0 Å². The molecule has 0 saturated carbocycles. The largest absolute Gasteiger partial charge is 0.435 e. The van der Waals surface area contributed by atoms with E-state index in [0.717, 1.165) is 12.1 Å². The molecular weight excluding hydrogens is 306 g/mol. The number of aldehydes is 1. The van der Waals surface area contributed by atoms with Gasteiger partial charge in [-0.1, -0.05) is 28.4 Å². The van der Waals surface area contributed by atoms with Crippen molar-refractivity contribution in [2.45, 2.75) is 18.2 Å². The fourth-order valence-corrected chi connectivity index (χ4v) is 2.30. The maximum absolute atomic E-state index is 13.3. The van der Waals surface area contributed by atoms with Gasteiger partial charge in [0.2, 0.25) is 0 Å². The van der Waals surface area contributed by atoms with Gasteiger partial charge < -0.3 is 4.84 Å². The monoisotopic (exact) mass is 311 g/mol. The van der Waals surface area contributed by atoms with Crippen molar-refractivity contribution < 1.29 is 22.8 Å². The molecule has 1 aliphatic heterocycles. The van der Waals surface area contributed by atoms with E-state index in [9.17, 15) is 18.0 Å². The third kappa shape index (κ3) is 2.42. The summed E-state index contributed by atoms with van der Waals surface area (Å²) in [5.41, 5.74) is -3.34. The van der Waals surface area contributed by atoms with Gasteiger partial charge in [0.05, 0.1) is 6.42 Å². The van der Waals surface area contributed by atoms with Gasteiger partial charge in [-0.3, -0.25) is 4.79 Å². The lowest BCUT2D eigenvalue weighted by Crippen LogP contribution is -2.42. The zero-order valence-corrected chi connectivity index (χ0v) is 10.7. The molecule has 0 radical (unpaired) electrons. The number of halogens is 5. The molecule has 1 atom stereocenters. The van der Waals surface area contributed by atoms with Crippen molar-refractivity contribution in [1.29, 1.82) is 0 Å². The Kier molecular flexibility index (Phi) is 3.49. The van der Waals surface area contributed by atoms with Crippen molar-refractivity contribution in [3.63, 3.8) is 0 Å². The Labute approximate surface area is 115 Å². The summed E-state index contributed by atoms with van der Waals surface area (Å²) < 4.78 is 39.8. The second-order valence-electron chi connectivity index (χ2n) is 3.95. The van der Waals surface area contributed by atoms with E-state index in [4.69, 9.17) is 23.2 Å². The van der Waals surface area contributed by atoms with Gasteiger partial charge in [0.15, 0.2) is 6.29 Å². The minimum atomic E-state index is -4.77. The van der Waals surface area contributed by atoms with E-state index in [1.807, 2.05) is 0 Å². The molecule has 0 aliphatic carbocycles. The normalized spacial score (nSPS) is 22.9. The van der Waals surface area contributed by atoms with Crippen LogP contribution in [0.3, 0.4) is 0 Å². The average molecular weight is 312 g/mol. The molecule has 1 heterocycles. The lowest BCUT2D eigenvalue weighted by Gasteiger charge is -2.29. The van der Waals surface area contributed by atoms with Crippen LogP contribution in [0.5, 0.6) is 0 Å². The van der Waals surface area contributed by atoms with E-state index in [2.05, 4.69) is 9.99 Å². The number of benzene rings is 1. The maximum Gasteiger partial charge on any atom is 0.435 e. The summed E-state index contributed by atoms with van der Waals surface area (Å²) in [4.78, 5) is 15.1. The van der Waals surface area contributed by atoms with Crippen molar-refractivity contribution in [2.24, 2.45) is 5.16 Å². The SMILES string of the molecule is O=CC1=NOC(c2cc(Cl)cc(Cl)c2)(C(F)(F)F)C1. The van der Waals surface area contributed by atoms with Crippen molar-refractivity contribution in [1.82, 2.24) is 0 Å². The number of alkyl halides is 3. The van der Waals surface area contributed by atoms with Crippen molar-refractivity contribution >= 4 is 35.2 Å². The van der Waals surface area contributed by atoms with Crippen LogP contribution in [-0.2, 0) is 15.2 Å². The van der Waals surface area contributed by atoms with E-state index < -0.39 is 18.2 Å². The molecule has 2 rings (SSSR count). The predicted octanol–water partition coefficient (Wildman–Crippen LogP) is 3.73.